The summed E-state index contributed by atoms with van der Waals surface area (Å²) in [5, 5.41) is 18.2. The molecule has 0 aliphatic rings. The third-order valence-electron chi connectivity index (χ3n) is 2.39. The molecule has 17 heavy (non-hydrogen) atoms. The standard InChI is InChI=1S/C10H7BF3NO2/c12-10(13,14)7-3-1-2-6-8(11(16)17)4-5-15-9(6)7/h1-5,16-17H. The monoisotopic (exact) mass is 241 g/mol. The van der Waals surface area contributed by atoms with E-state index in [1.165, 1.54) is 18.2 Å². The van der Waals surface area contributed by atoms with E-state index in [0.29, 0.717) is 0 Å². The number of aromatic nitrogens is 1. The Labute approximate surface area is 94.7 Å². The topological polar surface area (TPSA) is 53.4 Å². The van der Waals surface area contributed by atoms with E-state index < -0.39 is 18.9 Å². The fraction of sp³-hybridized carbons (Fsp3) is 0.100. The lowest BCUT2D eigenvalue weighted by Crippen LogP contribution is -2.30. The summed E-state index contributed by atoms with van der Waals surface area (Å²) < 4.78 is 38.1. The number of para-hydroxylation sites is 1. The van der Waals surface area contributed by atoms with Crippen molar-refractivity contribution >= 4 is 23.5 Å². The molecule has 0 radical (unpaired) electrons. The minimum Gasteiger partial charge on any atom is -0.423 e. The average molecular weight is 241 g/mol. The minimum absolute atomic E-state index is 0.00102. The molecule has 88 valence electrons. The van der Waals surface area contributed by atoms with Gasteiger partial charge in [0.1, 0.15) is 0 Å². The number of hydrogen-bond donors (Lipinski definition) is 2. The molecule has 0 aliphatic heterocycles. The van der Waals surface area contributed by atoms with Crippen molar-refractivity contribution in [2.24, 2.45) is 0 Å². The van der Waals surface area contributed by atoms with Crippen molar-refractivity contribution in [1.82, 2.24) is 4.98 Å². The molecule has 2 aromatic rings. The van der Waals surface area contributed by atoms with Crippen LogP contribution in [-0.2, 0) is 6.18 Å². The van der Waals surface area contributed by atoms with Crippen molar-refractivity contribution in [3.05, 3.63) is 36.0 Å². The molecule has 3 nitrogen and oxygen atoms in total. The number of pyridine rings is 1. The van der Waals surface area contributed by atoms with E-state index in [0.717, 1.165) is 12.3 Å². The predicted molar refractivity (Wildman–Crippen MR) is 56.6 cm³/mol. The molecule has 7 heteroatoms. The van der Waals surface area contributed by atoms with Crippen LogP contribution in [0.3, 0.4) is 0 Å². The smallest absolute Gasteiger partial charge is 0.423 e. The molecule has 0 atom stereocenters. The van der Waals surface area contributed by atoms with E-state index in [-0.39, 0.29) is 16.4 Å². The number of halogens is 3. The summed E-state index contributed by atoms with van der Waals surface area (Å²) in [5.74, 6) is 0. The number of alkyl halides is 3. The molecule has 1 aromatic carbocycles. The average Bonchev–Trinajstić information content (AvgIpc) is 2.26. The fourth-order valence-corrected chi connectivity index (χ4v) is 1.65. The number of benzene rings is 1. The second kappa shape index (κ2) is 4.01. The van der Waals surface area contributed by atoms with Crippen LogP contribution >= 0.6 is 0 Å². The van der Waals surface area contributed by atoms with Gasteiger partial charge >= 0.3 is 13.3 Å². The molecule has 0 spiro atoms. The molecule has 0 saturated carbocycles. The predicted octanol–water partition coefficient (Wildman–Crippen LogP) is 0.933. The first-order chi connectivity index (χ1) is 7.91. The zero-order valence-electron chi connectivity index (χ0n) is 8.44. The van der Waals surface area contributed by atoms with Crippen molar-refractivity contribution < 1.29 is 23.2 Å². The highest BCUT2D eigenvalue weighted by Crippen LogP contribution is 2.33. The van der Waals surface area contributed by atoms with E-state index in [1.807, 2.05) is 0 Å². The van der Waals surface area contributed by atoms with Gasteiger partial charge in [0.05, 0.1) is 11.1 Å². The highest BCUT2D eigenvalue weighted by Gasteiger charge is 2.33. The van der Waals surface area contributed by atoms with Crippen LogP contribution in [0.25, 0.3) is 10.9 Å². The first kappa shape index (κ1) is 11.9. The van der Waals surface area contributed by atoms with Gasteiger partial charge in [0.25, 0.3) is 0 Å². The number of hydrogen-bond acceptors (Lipinski definition) is 3. The Morgan fingerprint density at radius 1 is 1.12 bits per heavy atom. The third kappa shape index (κ3) is 2.11. The maximum atomic E-state index is 12.7. The molecule has 0 aliphatic carbocycles. The first-order valence-corrected chi connectivity index (χ1v) is 4.72. The van der Waals surface area contributed by atoms with E-state index >= 15 is 0 Å². The highest BCUT2D eigenvalue weighted by molar-refractivity contribution is 6.61. The van der Waals surface area contributed by atoms with Crippen LogP contribution in [0, 0.1) is 0 Å². The maximum absolute atomic E-state index is 12.7. The largest absolute Gasteiger partial charge is 0.489 e. The van der Waals surface area contributed by atoms with Gasteiger partial charge in [0.2, 0.25) is 0 Å². The molecule has 1 aromatic heterocycles. The summed E-state index contributed by atoms with van der Waals surface area (Å²) in [6, 6.07) is 4.75. The van der Waals surface area contributed by atoms with E-state index in [2.05, 4.69) is 4.98 Å². The van der Waals surface area contributed by atoms with Crippen molar-refractivity contribution in [3.8, 4) is 0 Å². The van der Waals surface area contributed by atoms with E-state index in [4.69, 9.17) is 10.0 Å². The van der Waals surface area contributed by atoms with Crippen LogP contribution < -0.4 is 5.46 Å². The van der Waals surface area contributed by atoms with Crippen LogP contribution in [0.15, 0.2) is 30.5 Å². The molecule has 0 bridgehead atoms. The number of fused-ring (bicyclic) bond motifs is 1. The Morgan fingerprint density at radius 2 is 1.82 bits per heavy atom. The fourth-order valence-electron chi connectivity index (χ4n) is 1.65. The van der Waals surface area contributed by atoms with Gasteiger partial charge in [0.15, 0.2) is 0 Å². The quantitative estimate of drug-likeness (QED) is 0.730. The maximum Gasteiger partial charge on any atom is 0.489 e. The zero-order chi connectivity index (χ0) is 12.6. The Morgan fingerprint density at radius 3 is 2.41 bits per heavy atom. The van der Waals surface area contributed by atoms with Gasteiger partial charge in [-0.25, -0.2) is 0 Å². The summed E-state index contributed by atoms with van der Waals surface area (Å²) in [6.07, 6.45) is -3.40. The second-order valence-corrected chi connectivity index (χ2v) is 3.47. The Balaban J connectivity index is 2.79. The van der Waals surface area contributed by atoms with Gasteiger partial charge in [-0.05, 0) is 17.6 Å². The van der Waals surface area contributed by atoms with Crippen LogP contribution in [0.4, 0.5) is 13.2 Å². The van der Waals surface area contributed by atoms with Crippen molar-refractivity contribution in [2.75, 3.05) is 0 Å². The van der Waals surface area contributed by atoms with Gasteiger partial charge in [-0.2, -0.15) is 13.2 Å². The van der Waals surface area contributed by atoms with Crippen LogP contribution in [0.1, 0.15) is 5.56 Å². The van der Waals surface area contributed by atoms with Crippen LogP contribution in [0.2, 0.25) is 0 Å². The van der Waals surface area contributed by atoms with Crippen molar-refractivity contribution in [3.63, 3.8) is 0 Å². The molecular formula is C10H7BF3NO2. The first-order valence-electron chi connectivity index (χ1n) is 4.72. The molecule has 2 N–H and O–H groups in total. The summed E-state index contributed by atoms with van der Waals surface area (Å²) >= 11 is 0. The van der Waals surface area contributed by atoms with Crippen molar-refractivity contribution in [1.29, 1.82) is 0 Å². The van der Waals surface area contributed by atoms with Gasteiger partial charge in [-0.3, -0.25) is 4.98 Å². The SMILES string of the molecule is OB(O)c1ccnc2c(C(F)(F)F)cccc12. The molecule has 0 saturated heterocycles. The lowest BCUT2D eigenvalue weighted by molar-refractivity contribution is -0.136. The summed E-state index contributed by atoms with van der Waals surface area (Å²) in [7, 11) is -1.83. The Bertz CT molecular complexity index is 557. The van der Waals surface area contributed by atoms with E-state index in [9.17, 15) is 13.2 Å². The van der Waals surface area contributed by atoms with Gasteiger partial charge in [0, 0.05) is 11.6 Å². The van der Waals surface area contributed by atoms with Gasteiger partial charge in [-0.15, -0.1) is 0 Å². The third-order valence-corrected chi connectivity index (χ3v) is 2.39. The summed E-state index contributed by atoms with van der Waals surface area (Å²) in [4.78, 5) is 3.65. The molecular weight excluding hydrogens is 234 g/mol. The second-order valence-electron chi connectivity index (χ2n) is 3.47. The number of nitrogens with zero attached hydrogens (tertiary/aromatic N) is 1. The Hall–Kier alpha value is -1.60. The lowest BCUT2D eigenvalue weighted by Gasteiger charge is -2.11. The molecule has 0 unspecified atom stereocenters. The molecule has 0 amide bonds. The minimum atomic E-state index is -4.52. The van der Waals surface area contributed by atoms with Crippen molar-refractivity contribution in [2.45, 2.75) is 6.18 Å². The van der Waals surface area contributed by atoms with E-state index in [1.54, 1.807) is 0 Å². The normalized spacial score (nSPS) is 11.8. The summed E-state index contributed by atoms with van der Waals surface area (Å²) in [5.41, 5.74) is -1.18. The van der Waals surface area contributed by atoms with Crippen LogP contribution in [-0.4, -0.2) is 22.2 Å². The Kier molecular flexibility index (Phi) is 2.80. The molecule has 2 rings (SSSR count). The summed E-state index contributed by atoms with van der Waals surface area (Å²) in [6.45, 7) is 0. The lowest BCUT2D eigenvalue weighted by atomic mass is 9.78. The number of rotatable bonds is 1. The zero-order valence-corrected chi connectivity index (χ0v) is 8.44. The van der Waals surface area contributed by atoms with Gasteiger partial charge < -0.3 is 10.0 Å². The van der Waals surface area contributed by atoms with Gasteiger partial charge in [-0.1, -0.05) is 12.1 Å². The molecule has 1 heterocycles. The highest BCUT2D eigenvalue weighted by atomic mass is 19.4. The molecule has 0 fully saturated rings. The van der Waals surface area contributed by atoms with Crippen LogP contribution in [0.5, 0.6) is 0 Å².